The maximum Gasteiger partial charge on any atom is 0.0991 e. The number of hydrogen-bond donors (Lipinski definition) is 1. The van der Waals surface area contributed by atoms with Crippen molar-refractivity contribution in [3.05, 3.63) is 29.8 Å². The van der Waals surface area contributed by atoms with E-state index in [9.17, 15) is 0 Å². The van der Waals surface area contributed by atoms with Crippen LogP contribution in [0.15, 0.2) is 24.3 Å². The highest BCUT2D eigenvalue weighted by molar-refractivity contribution is 5.50. The number of anilines is 1. The molecule has 1 unspecified atom stereocenters. The summed E-state index contributed by atoms with van der Waals surface area (Å²) < 4.78 is 0. The zero-order valence-electron chi connectivity index (χ0n) is 9.97. The van der Waals surface area contributed by atoms with Crippen molar-refractivity contribution in [3.8, 4) is 6.07 Å². The van der Waals surface area contributed by atoms with E-state index >= 15 is 0 Å². The molecule has 1 atom stereocenters. The van der Waals surface area contributed by atoms with Crippen molar-refractivity contribution in [2.75, 3.05) is 18.1 Å². The molecule has 1 N–H and O–H groups in total. The molecule has 0 bridgehead atoms. The van der Waals surface area contributed by atoms with Crippen molar-refractivity contribution < 1.29 is 5.11 Å². The fourth-order valence-corrected chi connectivity index (χ4v) is 2.52. The van der Waals surface area contributed by atoms with Crippen LogP contribution in [0.5, 0.6) is 0 Å². The predicted molar refractivity (Wildman–Crippen MR) is 67.8 cm³/mol. The summed E-state index contributed by atoms with van der Waals surface area (Å²) in [4.78, 5) is 2.36. The topological polar surface area (TPSA) is 47.3 Å². The van der Waals surface area contributed by atoms with Gasteiger partial charge in [-0.3, -0.25) is 0 Å². The molecule has 0 aliphatic carbocycles. The van der Waals surface area contributed by atoms with E-state index in [2.05, 4.69) is 11.0 Å². The molecule has 0 amide bonds. The van der Waals surface area contributed by atoms with Crippen molar-refractivity contribution in [1.29, 1.82) is 5.26 Å². The molecule has 1 saturated heterocycles. The van der Waals surface area contributed by atoms with Crippen LogP contribution < -0.4 is 4.90 Å². The maximum absolute atomic E-state index is 9.10. The minimum atomic E-state index is 0.247. The minimum absolute atomic E-state index is 0.247. The number of aliphatic hydroxyl groups is 1. The summed E-state index contributed by atoms with van der Waals surface area (Å²) in [7, 11) is 0. The number of hydrogen-bond acceptors (Lipinski definition) is 3. The van der Waals surface area contributed by atoms with Gasteiger partial charge < -0.3 is 10.0 Å². The SMILES string of the molecule is N#Cc1ccc(N2CCCCC2CCO)cc1. The monoisotopic (exact) mass is 230 g/mol. The molecule has 1 fully saturated rings. The Morgan fingerprint density at radius 2 is 2.06 bits per heavy atom. The van der Waals surface area contributed by atoms with Gasteiger partial charge in [0.15, 0.2) is 0 Å². The lowest BCUT2D eigenvalue weighted by molar-refractivity contribution is 0.262. The predicted octanol–water partition coefficient (Wildman–Crippen LogP) is 2.30. The van der Waals surface area contributed by atoms with E-state index in [0.717, 1.165) is 19.4 Å². The largest absolute Gasteiger partial charge is 0.396 e. The second-order valence-corrected chi connectivity index (χ2v) is 4.51. The molecule has 0 radical (unpaired) electrons. The van der Waals surface area contributed by atoms with Gasteiger partial charge in [-0.2, -0.15) is 5.26 Å². The molecule has 3 nitrogen and oxygen atoms in total. The van der Waals surface area contributed by atoms with Gasteiger partial charge in [-0.05, 0) is 49.9 Å². The van der Waals surface area contributed by atoms with E-state index in [0.29, 0.717) is 11.6 Å². The standard InChI is InChI=1S/C14H18N2O/c15-11-12-4-6-14(7-5-12)16-9-2-1-3-13(16)8-10-17/h4-7,13,17H,1-3,8-10H2. The van der Waals surface area contributed by atoms with Crippen molar-refractivity contribution in [2.45, 2.75) is 31.7 Å². The normalized spacial score (nSPS) is 20.0. The van der Waals surface area contributed by atoms with Gasteiger partial charge in [0, 0.05) is 24.9 Å². The highest BCUT2D eigenvalue weighted by Gasteiger charge is 2.21. The molecule has 2 rings (SSSR count). The van der Waals surface area contributed by atoms with Gasteiger partial charge in [-0.1, -0.05) is 0 Å². The van der Waals surface area contributed by atoms with Crippen LogP contribution in [0.2, 0.25) is 0 Å². The van der Waals surface area contributed by atoms with Crippen LogP contribution >= 0.6 is 0 Å². The maximum atomic E-state index is 9.10. The Balaban J connectivity index is 2.14. The third kappa shape index (κ3) is 2.78. The van der Waals surface area contributed by atoms with Gasteiger partial charge in [0.25, 0.3) is 0 Å². The van der Waals surface area contributed by atoms with E-state index in [1.54, 1.807) is 0 Å². The van der Waals surface area contributed by atoms with Crippen LogP contribution in [0.1, 0.15) is 31.2 Å². The molecule has 1 aliphatic heterocycles. The van der Waals surface area contributed by atoms with Crippen molar-refractivity contribution in [3.63, 3.8) is 0 Å². The van der Waals surface area contributed by atoms with Crippen molar-refractivity contribution in [1.82, 2.24) is 0 Å². The smallest absolute Gasteiger partial charge is 0.0991 e. The van der Waals surface area contributed by atoms with Crippen LogP contribution in [0.4, 0.5) is 5.69 Å². The zero-order valence-corrected chi connectivity index (χ0v) is 9.97. The Labute approximate surface area is 102 Å². The minimum Gasteiger partial charge on any atom is -0.396 e. The van der Waals surface area contributed by atoms with Gasteiger partial charge >= 0.3 is 0 Å². The molecule has 3 heteroatoms. The third-order valence-corrected chi connectivity index (χ3v) is 3.42. The van der Waals surface area contributed by atoms with E-state index in [1.807, 2.05) is 24.3 Å². The Morgan fingerprint density at radius 3 is 2.71 bits per heavy atom. The van der Waals surface area contributed by atoms with E-state index in [4.69, 9.17) is 10.4 Å². The Morgan fingerprint density at radius 1 is 1.29 bits per heavy atom. The number of rotatable bonds is 3. The second kappa shape index (κ2) is 5.70. The molecular formula is C14H18N2O. The lowest BCUT2D eigenvalue weighted by atomic mass is 9.98. The Bertz CT molecular complexity index is 392. The van der Waals surface area contributed by atoms with Crippen LogP contribution in [-0.4, -0.2) is 24.3 Å². The van der Waals surface area contributed by atoms with E-state index in [-0.39, 0.29) is 6.61 Å². The highest BCUT2D eigenvalue weighted by atomic mass is 16.3. The number of nitrogens with zero attached hydrogens (tertiary/aromatic N) is 2. The molecule has 1 heterocycles. The molecule has 90 valence electrons. The van der Waals surface area contributed by atoms with Gasteiger partial charge in [0.05, 0.1) is 11.6 Å². The van der Waals surface area contributed by atoms with Gasteiger partial charge in [0.2, 0.25) is 0 Å². The highest BCUT2D eigenvalue weighted by Crippen LogP contribution is 2.26. The van der Waals surface area contributed by atoms with Gasteiger partial charge in [-0.25, -0.2) is 0 Å². The van der Waals surface area contributed by atoms with E-state index < -0.39 is 0 Å². The fraction of sp³-hybridized carbons (Fsp3) is 0.500. The zero-order chi connectivity index (χ0) is 12.1. The molecule has 1 aliphatic rings. The lowest BCUT2D eigenvalue weighted by Gasteiger charge is -2.37. The van der Waals surface area contributed by atoms with Crippen LogP contribution in [0, 0.1) is 11.3 Å². The summed E-state index contributed by atoms with van der Waals surface area (Å²) in [5.41, 5.74) is 1.87. The molecule has 0 spiro atoms. The van der Waals surface area contributed by atoms with Gasteiger partial charge in [0.1, 0.15) is 0 Å². The van der Waals surface area contributed by atoms with E-state index in [1.165, 1.54) is 18.5 Å². The first-order chi connectivity index (χ1) is 8.35. The summed E-state index contributed by atoms with van der Waals surface area (Å²) in [6.45, 7) is 1.30. The summed E-state index contributed by atoms with van der Waals surface area (Å²) in [5, 5.41) is 17.9. The molecular weight excluding hydrogens is 212 g/mol. The van der Waals surface area contributed by atoms with Gasteiger partial charge in [-0.15, -0.1) is 0 Å². The summed E-state index contributed by atoms with van der Waals surface area (Å²) in [6, 6.07) is 10.3. The van der Waals surface area contributed by atoms with Crippen LogP contribution in [-0.2, 0) is 0 Å². The van der Waals surface area contributed by atoms with Crippen molar-refractivity contribution >= 4 is 5.69 Å². The average Bonchev–Trinajstić information content (AvgIpc) is 2.40. The summed E-state index contributed by atoms with van der Waals surface area (Å²) in [6.07, 6.45) is 4.44. The quantitative estimate of drug-likeness (QED) is 0.866. The molecule has 1 aromatic rings. The number of aliphatic hydroxyl groups excluding tert-OH is 1. The van der Waals surface area contributed by atoms with Crippen LogP contribution in [0.25, 0.3) is 0 Å². The fourth-order valence-electron chi connectivity index (χ4n) is 2.52. The van der Waals surface area contributed by atoms with Crippen LogP contribution in [0.3, 0.4) is 0 Å². The first kappa shape index (κ1) is 11.9. The second-order valence-electron chi connectivity index (χ2n) is 4.51. The lowest BCUT2D eigenvalue weighted by Crippen LogP contribution is -2.40. The average molecular weight is 230 g/mol. The molecule has 1 aromatic carbocycles. The Hall–Kier alpha value is -1.53. The number of piperidine rings is 1. The first-order valence-corrected chi connectivity index (χ1v) is 6.23. The molecule has 0 aromatic heterocycles. The third-order valence-electron chi connectivity index (χ3n) is 3.42. The first-order valence-electron chi connectivity index (χ1n) is 6.23. The molecule has 17 heavy (non-hydrogen) atoms. The number of benzene rings is 1. The van der Waals surface area contributed by atoms with Crippen molar-refractivity contribution in [2.24, 2.45) is 0 Å². The summed E-state index contributed by atoms with van der Waals surface area (Å²) in [5.74, 6) is 0. The number of nitriles is 1. The Kier molecular flexibility index (Phi) is 4.00. The molecule has 0 saturated carbocycles. The summed E-state index contributed by atoms with van der Waals surface area (Å²) >= 11 is 0.